The molecule has 9 rings (SSSR count). The molecule has 1 aliphatic carbocycles. The molecule has 0 fully saturated rings. The number of hydrogen-bond acceptors (Lipinski definition) is 4. The Labute approximate surface area is 272 Å². The Kier molecular flexibility index (Phi) is 6.57. The molecule has 0 N–H and O–H groups in total. The first-order chi connectivity index (χ1) is 23.3. The number of hydrogen-bond donors (Lipinski definition) is 0. The van der Waals surface area contributed by atoms with Gasteiger partial charge in [0.15, 0.2) is 17.5 Å². The Bertz CT molecular complexity index is 2440. The zero-order chi connectivity index (χ0) is 31.2. The van der Waals surface area contributed by atoms with Crippen LogP contribution in [-0.2, 0) is 0 Å². The number of furan rings is 1. The summed E-state index contributed by atoms with van der Waals surface area (Å²) < 4.78 is 6.19. The van der Waals surface area contributed by atoms with Crippen LogP contribution in [0.2, 0.25) is 0 Å². The topological polar surface area (TPSA) is 51.8 Å². The number of allylic oxidation sites excluding steroid dienone is 1. The Balaban J connectivity index is 1.14. The molecule has 1 aliphatic rings. The summed E-state index contributed by atoms with van der Waals surface area (Å²) in [5.74, 6) is 2.26. The van der Waals surface area contributed by atoms with E-state index in [-0.39, 0.29) is 0 Å². The Morgan fingerprint density at radius 2 is 1.15 bits per heavy atom. The lowest BCUT2D eigenvalue weighted by atomic mass is 9.82. The van der Waals surface area contributed by atoms with E-state index in [0.29, 0.717) is 23.4 Å². The zero-order valence-electron chi connectivity index (χ0n) is 25.5. The largest absolute Gasteiger partial charge is 0.456 e. The average molecular weight is 604 g/mol. The summed E-state index contributed by atoms with van der Waals surface area (Å²) in [5, 5.41) is 2.21. The number of aromatic nitrogens is 3. The lowest BCUT2D eigenvalue weighted by Gasteiger charge is -2.22. The molecule has 0 radical (unpaired) electrons. The predicted octanol–water partition coefficient (Wildman–Crippen LogP) is 11.0. The molecule has 8 aromatic rings. The first-order valence-electron chi connectivity index (χ1n) is 16.0. The highest BCUT2D eigenvalue weighted by Crippen LogP contribution is 2.38. The van der Waals surface area contributed by atoms with E-state index in [4.69, 9.17) is 19.4 Å². The third-order valence-corrected chi connectivity index (χ3v) is 9.11. The Hall–Kier alpha value is -6.13. The van der Waals surface area contributed by atoms with Crippen LogP contribution in [0.25, 0.3) is 73.3 Å². The smallest absolute Gasteiger partial charge is 0.164 e. The van der Waals surface area contributed by atoms with Gasteiger partial charge in [-0.3, -0.25) is 0 Å². The summed E-state index contributed by atoms with van der Waals surface area (Å²) in [6, 6.07) is 50.4. The molecule has 0 amide bonds. The van der Waals surface area contributed by atoms with Crippen LogP contribution in [0.3, 0.4) is 0 Å². The summed E-state index contributed by atoms with van der Waals surface area (Å²) in [4.78, 5) is 15.0. The highest BCUT2D eigenvalue weighted by atomic mass is 16.3. The van der Waals surface area contributed by atoms with Crippen LogP contribution in [0, 0.1) is 0 Å². The molecule has 4 nitrogen and oxygen atoms in total. The average Bonchev–Trinajstić information content (AvgIpc) is 3.54. The zero-order valence-corrected chi connectivity index (χ0v) is 25.5. The first-order valence-corrected chi connectivity index (χ1v) is 16.0. The van der Waals surface area contributed by atoms with E-state index in [1.807, 2.05) is 54.6 Å². The standard InChI is InChI=1S/C43H29N3O/c1-2-12-30(13-3-1)41-44-42(31-25-23-29(24-26-31)35-19-9-14-28-11-4-5-17-34(28)35)46-43(45-41)33-16-8-15-32(27-33)36-20-10-22-39-40(36)37-18-6-7-21-38(37)47-39/h1-18,20-27,35H,19H2. The van der Waals surface area contributed by atoms with E-state index in [2.05, 4.69) is 103 Å². The summed E-state index contributed by atoms with van der Waals surface area (Å²) in [6.45, 7) is 0. The van der Waals surface area contributed by atoms with Gasteiger partial charge >= 0.3 is 0 Å². The second kappa shape index (κ2) is 11.3. The minimum Gasteiger partial charge on any atom is -0.456 e. The molecule has 222 valence electrons. The molecule has 0 bridgehead atoms. The third-order valence-electron chi connectivity index (χ3n) is 9.11. The predicted molar refractivity (Wildman–Crippen MR) is 191 cm³/mol. The molecule has 2 heterocycles. The SMILES string of the molecule is C1=Cc2ccccc2C(c2ccc(-c3nc(-c4ccccc4)nc(-c4cccc(-c5cccc6oc7ccccc7c56)c4)n3)cc2)C1. The minimum absolute atomic E-state index is 0.332. The number of fused-ring (bicyclic) bond motifs is 4. The van der Waals surface area contributed by atoms with Crippen LogP contribution in [-0.4, -0.2) is 15.0 Å². The van der Waals surface area contributed by atoms with E-state index in [9.17, 15) is 0 Å². The lowest BCUT2D eigenvalue weighted by molar-refractivity contribution is 0.669. The van der Waals surface area contributed by atoms with Crippen molar-refractivity contribution in [2.24, 2.45) is 0 Å². The number of rotatable bonds is 5. The van der Waals surface area contributed by atoms with Crippen LogP contribution in [0.1, 0.15) is 29.0 Å². The molecule has 1 unspecified atom stereocenters. The minimum atomic E-state index is 0.332. The Morgan fingerprint density at radius 1 is 0.511 bits per heavy atom. The van der Waals surface area contributed by atoms with Crippen molar-refractivity contribution < 1.29 is 4.42 Å². The molecule has 0 saturated carbocycles. The fraction of sp³-hybridized carbons (Fsp3) is 0.0465. The van der Waals surface area contributed by atoms with Crippen molar-refractivity contribution in [3.63, 3.8) is 0 Å². The number of benzene rings is 6. The van der Waals surface area contributed by atoms with Gasteiger partial charge in [-0.05, 0) is 52.4 Å². The van der Waals surface area contributed by atoms with Crippen molar-refractivity contribution in [2.75, 3.05) is 0 Å². The van der Waals surface area contributed by atoms with Crippen molar-refractivity contribution in [3.8, 4) is 45.3 Å². The van der Waals surface area contributed by atoms with Gasteiger partial charge in [0, 0.05) is 33.4 Å². The molecule has 47 heavy (non-hydrogen) atoms. The molecule has 6 aromatic carbocycles. The molecule has 0 spiro atoms. The highest BCUT2D eigenvalue weighted by molar-refractivity contribution is 6.12. The van der Waals surface area contributed by atoms with E-state index in [1.165, 1.54) is 16.7 Å². The van der Waals surface area contributed by atoms with Gasteiger partial charge in [-0.25, -0.2) is 15.0 Å². The number of para-hydroxylation sites is 1. The normalized spacial score (nSPS) is 14.0. The summed E-state index contributed by atoms with van der Waals surface area (Å²) in [6.07, 6.45) is 5.49. The lowest BCUT2D eigenvalue weighted by Crippen LogP contribution is -2.05. The van der Waals surface area contributed by atoms with Crippen LogP contribution in [0.5, 0.6) is 0 Å². The number of nitrogens with zero attached hydrogens (tertiary/aromatic N) is 3. The van der Waals surface area contributed by atoms with Gasteiger partial charge in [0.1, 0.15) is 11.2 Å². The van der Waals surface area contributed by atoms with E-state index < -0.39 is 0 Å². The molecule has 1 atom stereocenters. The summed E-state index contributed by atoms with van der Waals surface area (Å²) in [5.41, 5.74) is 10.7. The first kappa shape index (κ1) is 27.2. The van der Waals surface area contributed by atoms with Crippen molar-refractivity contribution >= 4 is 28.0 Å². The van der Waals surface area contributed by atoms with Gasteiger partial charge in [0.2, 0.25) is 0 Å². The summed E-state index contributed by atoms with van der Waals surface area (Å²) >= 11 is 0. The molecular formula is C43H29N3O. The van der Waals surface area contributed by atoms with Crippen LogP contribution in [0.4, 0.5) is 0 Å². The molecular weight excluding hydrogens is 574 g/mol. The van der Waals surface area contributed by atoms with E-state index in [0.717, 1.165) is 56.2 Å². The second-order valence-electron chi connectivity index (χ2n) is 12.0. The third kappa shape index (κ3) is 4.91. The van der Waals surface area contributed by atoms with Gasteiger partial charge in [-0.1, -0.05) is 140 Å². The van der Waals surface area contributed by atoms with E-state index >= 15 is 0 Å². The molecule has 0 saturated heterocycles. The monoisotopic (exact) mass is 603 g/mol. The molecule has 4 heteroatoms. The van der Waals surface area contributed by atoms with Gasteiger partial charge in [-0.2, -0.15) is 0 Å². The van der Waals surface area contributed by atoms with E-state index in [1.54, 1.807) is 0 Å². The van der Waals surface area contributed by atoms with Crippen molar-refractivity contribution in [3.05, 3.63) is 168 Å². The van der Waals surface area contributed by atoms with Crippen molar-refractivity contribution in [1.82, 2.24) is 15.0 Å². The molecule has 0 aliphatic heterocycles. The second-order valence-corrected chi connectivity index (χ2v) is 12.0. The highest BCUT2D eigenvalue weighted by Gasteiger charge is 2.20. The summed E-state index contributed by atoms with van der Waals surface area (Å²) in [7, 11) is 0. The fourth-order valence-electron chi connectivity index (χ4n) is 6.81. The Morgan fingerprint density at radius 3 is 2.00 bits per heavy atom. The van der Waals surface area contributed by atoms with Crippen LogP contribution >= 0.6 is 0 Å². The maximum atomic E-state index is 6.19. The molecule has 2 aromatic heterocycles. The van der Waals surface area contributed by atoms with Gasteiger partial charge < -0.3 is 4.42 Å². The van der Waals surface area contributed by atoms with Crippen molar-refractivity contribution in [1.29, 1.82) is 0 Å². The van der Waals surface area contributed by atoms with Crippen LogP contribution in [0.15, 0.2) is 156 Å². The van der Waals surface area contributed by atoms with Crippen LogP contribution < -0.4 is 0 Å². The quantitative estimate of drug-likeness (QED) is 0.196. The van der Waals surface area contributed by atoms with Crippen molar-refractivity contribution in [2.45, 2.75) is 12.3 Å². The fourth-order valence-corrected chi connectivity index (χ4v) is 6.81. The van der Waals surface area contributed by atoms with Gasteiger partial charge in [-0.15, -0.1) is 0 Å². The maximum absolute atomic E-state index is 6.19. The maximum Gasteiger partial charge on any atom is 0.164 e. The van der Waals surface area contributed by atoms with Gasteiger partial charge in [0.05, 0.1) is 0 Å². The van der Waals surface area contributed by atoms with Gasteiger partial charge in [0.25, 0.3) is 0 Å².